The number of carbonyl (C=O) groups is 1. The number of allylic oxidation sites excluding steroid dienone is 2. The van der Waals surface area contributed by atoms with Gasteiger partial charge in [-0.3, -0.25) is 4.79 Å². The summed E-state index contributed by atoms with van der Waals surface area (Å²) in [5.41, 5.74) is 4.56. The fourth-order valence-corrected chi connectivity index (χ4v) is 4.93. The van der Waals surface area contributed by atoms with Crippen molar-refractivity contribution in [3.63, 3.8) is 0 Å². The van der Waals surface area contributed by atoms with Crippen LogP contribution >= 0.6 is 22.9 Å². The molecule has 3 rings (SSSR count). The third-order valence-electron chi connectivity index (χ3n) is 4.28. The van der Waals surface area contributed by atoms with Crippen molar-refractivity contribution in [3.05, 3.63) is 82.3 Å². The maximum absolute atomic E-state index is 13.1. The van der Waals surface area contributed by atoms with Crippen molar-refractivity contribution in [1.82, 2.24) is 4.72 Å². The van der Waals surface area contributed by atoms with Crippen molar-refractivity contribution in [3.8, 4) is 10.4 Å². The number of aliphatic imine (C=N–C) groups is 1. The van der Waals surface area contributed by atoms with Crippen LogP contribution in [0.3, 0.4) is 0 Å². The van der Waals surface area contributed by atoms with Gasteiger partial charge in [-0.05, 0) is 48.0 Å². The molecule has 178 valence electrons. The van der Waals surface area contributed by atoms with E-state index in [1.165, 1.54) is 18.2 Å². The second-order valence-corrected chi connectivity index (χ2v) is 10.1. The van der Waals surface area contributed by atoms with E-state index in [0.717, 1.165) is 24.3 Å². The topological polar surface area (TPSA) is 102 Å². The van der Waals surface area contributed by atoms with Crippen LogP contribution in [0.1, 0.15) is 11.8 Å². The number of rotatable bonds is 6. The zero-order valence-corrected chi connectivity index (χ0v) is 19.8. The van der Waals surface area contributed by atoms with E-state index in [4.69, 9.17) is 17.3 Å². The van der Waals surface area contributed by atoms with Crippen LogP contribution in [-0.4, -0.2) is 26.2 Å². The van der Waals surface area contributed by atoms with Gasteiger partial charge in [-0.1, -0.05) is 35.9 Å². The van der Waals surface area contributed by atoms with Gasteiger partial charge in [0.25, 0.3) is 10.0 Å². The number of para-hydroxylation sites is 1. The van der Waals surface area contributed by atoms with Crippen LogP contribution in [0.5, 0.6) is 0 Å². The summed E-state index contributed by atoms with van der Waals surface area (Å²) in [5.74, 6) is -0.738. The molecule has 0 fully saturated rings. The summed E-state index contributed by atoms with van der Waals surface area (Å²) in [7, 11) is -4.06. The molecule has 0 spiro atoms. The third kappa shape index (κ3) is 6.25. The second-order valence-electron chi connectivity index (χ2n) is 6.90. The number of hydrogen-bond donors (Lipinski definition) is 2. The fraction of sp³-hybridized carbons (Fsp3) is 0.0909. The summed E-state index contributed by atoms with van der Waals surface area (Å²) in [5, 5.41) is 0.242. The van der Waals surface area contributed by atoms with E-state index in [1.807, 2.05) is 4.72 Å². The number of alkyl halides is 3. The number of nitrogens with two attached hydrogens (primary N) is 1. The molecule has 1 heterocycles. The Morgan fingerprint density at radius 3 is 2.47 bits per heavy atom. The molecule has 3 N–H and O–H groups in total. The highest BCUT2D eigenvalue weighted by Crippen LogP contribution is 2.33. The van der Waals surface area contributed by atoms with Gasteiger partial charge in [0.2, 0.25) is 5.91 Å². The lowest BCUT2D eigenvalue weighted by Gasteiger charge is -2.08. The van der Waals surface area contributed by atoms with E-state index in [0.29, 0.717) is 15.3 Å². The monoisotopic (exact) mass is 527 g/mol. The molecule has 0 unspecified atom stereocenters. The Morgan fingerprint density at radius 1 is 1.12 bits per heavy atom. The first kappa shape index (κ1) is 25.5. The number of benzene rings is 2. The molecule has 0 atom stereocenters. The van der Waals surface area contributed by atoms with Gasteiger partial charge in [-0.15, -0.1) is 11.3 Å². The lowest BCUT2D eigenvalue weighted by molar-refractivity contribution is -0.117. The summed E-state index contributed by atoms with van der Waals surface area (Å²) >= 11 is 7.20. The van der Waals surface area contributed by atoms with Crippen LogP contribution in [0, 0.1) is 0 Å². The Hall–Kier alpha value is -3.15. The van der Waals surface area contributed by atoms with Crippen molar-refractivity contribution in [2.45, 2.75) is 18.0 Å². The Bertz CT molecular complexity index is 1400. The minimum Gasteiger partial charge on any atom is -0.395 e. The maximum Gasteiger partial charge on any atom is 0.430 e. The van der Waals surface area contributed by atoms with Crippen molar-refractivity contribution in [2.24, 2.45) is 10.7 Å². The summed E-state index contributed by atoms with van der Waals surface area (Å²) < 4.78 is 65.8. The van der Waals surface area contributed by atoms with Gasteiger partial charge >= 0.3 is 6.18 Å². The molecule has 34 heavy (non-hydrogen) atoms. The van der Waals surface area contributed by atoms with Gasteiger partial charge in [0, 0.05) is 11.8 Å². The van der Waals surface area contributed by atoms with Crippen LogP contribution in [0.4, 0.5) is 18.9 Å². The van der Waals surface area contributed by atoms with Gasteiger partial charge in [0.05, 0.1) is 26.2 Å². The minimum absolute atomic E-state index is 0.0683. The van der Waals surface area contributed by atoms with Crippen molar-refractivity contribution in [1.29, 1.82) is 0 Å². The molecule has 0 radical (unpaired) electrons. The number of thiophene rings is 1. The van der Waals surface area contributed by atoms with E-state index >= 15 is 0 Å². The number of hydrogen-bond acceptors (Lipinski definition) is 6. The highest BCUT2D eigenvalue weighted by molar-refractivity contribution is 7.90. The van der Waals surface area contributed by atoms with Crippen molar-refractivity contribution in [2.75, 3.05) is 0 Å². The highest BCUT2D eigenvalue weighted by Gasteiger charge is 2.32. The average molecular weight is 528 g/mol. The largest absolute Gasteiger partial charge is 0.430 e. The smallest absolute Gasteiger partial charge is 0.395 e. The maximum atomic E-state index is 13.1. The quantitative estimate of drug-likeness (QED) is 0.418. The number of nitrogens with one attached hydrogen (secondary N) is 1. The number of carbonyl (C=O) groups excluding carboxylic acids is 1. The molecule has 2 aromatic carbocycles. The van der Waals surface area contributed by atoms with Gasteiger partial charge in [0.15, 0.2) is 0 Å². The molecule has 3 aromatic rings. The molecule has 0 bridgehead atoms. The summed E-state index contributed by atoms with van der Waals surface area (Å²) in [6.07, 6.45) is -4.04. The van der Waals surface area contributed by atoms with Crippen LogP contribution in [0.15, 0.2) is 82.3 Å². The normalized spacial score (nSPS) is 13.1. The Balaban J connectivity index is 2.07. The summed E-state index contributed by atoms with van der Waals surface area (Å²) in [4.78, 5) is 16.2. The van der Waals surface area contributed by atoms with Gasteiger partial charge in [0.1, 0.15) is 5.70 Å². The van der Waals surface area contributed by atoms with E-state index < -0.39 is 27.8 Å². The molecule has 6 nitrogen and oxygen atoms in total. The molecule has 12 heteroatoms. The highest BCUT2D eigenvalue weighted by atomic mass is 35.5. The molecule has 0 saturated carbocycles. The molecule has 1 amide bonds. The van der Waals surface area contributed by atoms with Crippen molar-refractivity contribution >= 4 is 50.3 Å². The molecular formula is C22H17ClF3N3O3S2. The lowest BCUT2D eigenvalue weighted by atomic mass is 10.2. The number of halogens is 4. The van der Waals surface area contributed by atoms with Crippen LogP contribution in [0.25, 0.3) is 10.4 Å². The molecule has 1 aromatic heterocycles. The van der Waals surface area contributed by atoms with Gasteiger partial charge in [-0.2, -0.15) is 13.2 Å². The van der Waals surface area contributed by atoms with E-state index in [2.05, 4.69) is 4.99 Å². The number of sulfonamides is 1. The molecule has 0 saturated heterocycles. The summed E-state index contributed by atoms with van der Waals surface area (Å²) in [6.45, 7) is 1.08. The zero-order chi connectivity index (χ0) is 25.1. The van der Waals surface area contributed by atoms with Gasteiger partial charge < -0.3 is 5.73 Å². The van der Waals surface area contributed by atoms with E-state index in [9.17, 15) is 26.4 Å². The standard InChI is InChI=1S/C22H17ClF3N3O3S2/c1-13(30)29-34(31,32)15-6-4-5-14(11-15)19-9-10-20(33-19)18(12-21(27)22(24,25)26)28-17-8-3-2-7-16(17)23/h2-12H,27H2,1H3,(H,29,30)/b21-12-,28-18?. The predicted molar refractivity (Wildman–Crippen MR) is 127 cm³/mol. The molecule has 0 aliphatic rings. The lowest BCUT2D eigenvalue weighted by Crippen LogP contribution is -2.28. The zero-order valence-electron chi connectivity index (χ0n) is 17.4. The molecule has 0 aliphatic heterocycles. The van der Waals surface area contributed by atoms with Crippen LogP contribution in [-0.2, 0) is 14.8 Å². The van der Waals surface area contributed by atoms with E-state index in [1.54, 1.807) is 42.5 Å². The number of nitrogens with zero attached hydrogens (tertiary/aromatic N) is 1. The first-order valence-corrected chi connectivity index (χ1v) is 12.2. The fourth-order valence-electron chi connectivity index (χ4n) is 2.76. The predicted octanol–water partition coefficient (Wildman–Crippen LogP) is 5.42. The Morgan fingerprint density at radius 2 is 1.82 bits per heavy atom. The van der Waals surface area contributed by atoms with E-state index in [-0.39, 0.29) is 21.3 Å². The summed E-state index contributed by atoms with van der Waals surface area (Å²) in [6, 6.07) is 15.4. The number of amides is 1. The SMILES string of the molecule is CC(=O)NS(=O)(=O)c1cccc(-c2ccc(C(/C=C(\N)C(F)(F)F)=Nc3ccccc3Cl)s2)c1. The van der Waals surface area contributed by atoms with Crippen molar-refractivity contribution < 1.29 is 26.4 Å². The molecular weight excluding hydrogens is 511 g/mol. The average Bonchev–Trinajstić information content (AvgIpc) is 3.23. The first-order valence-electron chi connectivity index (χ1n) is 9.48. The third-order valence-corrected chi connectivity index (χ3v) is 7.19. The Labute approximate surface area is 202 Å². The molecule has 0 aliphatic carbocycles. The second kappa shape index (κ2) is 10.00. The van der Waals surface area contributed by atoms with Crippen LogP contribution < -0.4 is 10.5 Å². The first-order chi connectivity index (χ1) is 15.9. The Kier molecular flexibility index (Phi) is 7.49. The van der Waals surface area contributed by atoms with Gasteiger partial charge in [-0.25, -0.2) is 18.1 Å². The minimum atomic E-state index is -4.76. The van der Waals surface area contributed by atoms with Crippen LogP contribution in [0.2, 0.25) is 5.02 Å².